The van der Waals surface area contributed by atoms with Crippen LogP contribution in [0.4, 0.5) is 0 Å². The number of carbonyl (C=O) groups excluding carboxylic acids is 5. The molecule has 0 aliphatic carbocycles. The lowest BCUT2D eigenvalue weighted by atomic mass is 10.0. The molecule has 6 rings (SSSR count). The van der Waals surface area contributed by atoms with Crippen molar-refractivity contribution in [3.8, 4) is 23.0 Å². The average molecular weight is 813 g/mol. The molecule has 0 spiro atoms. The molecule has 2 heterocycles. The maximum absolute atomic E-state index is 13.2. The lowest BCUT2D eigenvalue weighted by Gasteiger charge is -2.42. The van der Waals surface area contributed by atoms with Crippen LogP contribution in [0, 0.1) is 0 Å². The van der Waals surface area contributed by atoms with E-state index in [-0.39, 0.29) is 34.8 Å². The highest BCUT2D eigenvalue weighted by Gasteiger charge is 2.43. The van der Waals surface area contributed by atoms with Gasteiger partial charge in [-0.1, -0.05) is 47.6 Å². The maximum atomic E-state index is 13.2. The molecule has 2 saturated heterocycles. The first-order chi connectivity index (χ1) is 28.7. The fraction of sp³-hybridized carbons (Fsp3) is 0.175. The van der Waals surface area contributed by atoms with Gasteiger partial charge in [0, 0.05) is 24.1 Å². The van der Waals surface area contributed by atoms with E-state index in [9.17, 15) is 24.0 Å². The van der Waals surface area contributed by atoms with Gasteiger partial charge in [-0.25, -0.2) is 24.0 Å². The molecule has 0 radical (unpaired) electrons. The molecule has 4 unspecified atom stereocenters. The molecular formula is C40H36N4O15. The number of fused-ring (bicyclic) bond motifs is 1. The largest absolute Gasteiger partial charge is 0.456 e. The third-order valence-corrected chi connectivity index (χ3v) is 8.32. The van der Waals surface area contributed by atoms with Gasteiger partial charge in [0.25, 0.3) is 0 Å². The van der Waals surface area contributed by atoms with E-state index < -0.39 is 54.4 Å². The summed E-state index contributed by atoms with van der Waals surface area (Å²) in [5.74, 6) is -2.23. The lowest BCUT2D eigenvalue weighted by molar-refractivity contribution is -0.298. The Morgan fingerprint density at radius 2 is 1.03 bits per heavy atom. The third kappa shape index (κ3) is 11.8. The number of hydrogen-bond acceptors (Lipinski definition) is 19. The highest BCUT2D eigenvalue weighted by molar-refractivity contribution is 5.92. The van der Waals surface area contributed by atoms with E-state index in [1.165, 1.54) is 72.8 Å². The molecule has 4 atom stereocenters. The zero-order chi connectivity index (χ0) is 41.6. The van der Waals surface area contributed by atoms with Crippen molar-refractivity contribution >= 4 is 29.8 Å². The van der Waals surface area contributed by atoms with Crippen molar-refractivity contribution < 1.29 is 71.7 Å². The second kappa shape index (κ2) is 20.5. The van der Waals surface area contributed by atoms with E-state index in [2.05, 4.69) is 45.2 Å². The van der Waals surface area contributed by atoms with Gasteiger partial charge in [0.1, 0.15) is 41.3 Å². The van der Waals surface area contributed by atoms with Crippen LogP contribution >= 0.6 is 0 Å². The third-order valence-electron chi connectivity index (χ3n) is 8.32. The molecule has 2 aliphatic rings. The Kier molecular flexibility index (Phi) is 14.4. The molecule has 2 fully saturated rings. The van der Waals surface area contributed by atoms with E-state index >= 15 is 0 Å². The highest BCUT2D eigenvalue weighted by atomic mass is 16.8. The van der Waals surface area contributed by atoms with Crippen LogP contribution in [0.25, 0.3) is 0 Å². The van der Waals surface area contributed by atoms with Gasteiger partial charge in [-0.2, -0.15) is 0 Å². The van der Waals surface area contributed by atoms with Gasteiger partial charge in [0.05, 0.1) is 29.9 Å². The standard InChI is InChI=1S/C40H36N4O15/c1-3-34(45)58-43-41-56-30-17-7-24(8-18-30)37(47)52-28-13-5-26(6-14-28)39(49)54-32-21-22-50-33-23-51-40(55-36(32)33)27-11-15-29(16-12-27)53-38(48)25-9-19-31(20-10-25)57-42-44-59-35(46)4-2/h3-20,32-33,36,40-44H,1-2,21-23H2. The minimum absolute atomic E-state index is 0.183. The summed E-state index contributed by atoms with van der Waals surface area (Å²) in [6, 6.07) is 24.3. The Bertz CT molecular complexity index is 2110. The molecule has 59 heavy (non-hydrogen) atoms. The number of hydrogen-bond donors (Lipinski definition) is 4. The number of ether oxygens (including phenoxy) is 6. The minimum atomic E-state index is -0.819. The van der Waals surface area contributed by atoms with Gasteiger partial charge in [-0.05, 0) is 84.9 Å². The average Bonchev–Trinajstić information content (AvgIpc) is 3.27. The van der Waals surface area contributed by atoms with Crippen LogP contribution in [0.15, 0.2) is 122 Å². The van der Waals surface area contributed by atoms with E-state index in [1.54, 1.807) is 24.3 Å². The molecule has 19 heteroatoms. The van der Waals surface area contributed by atoms with Crippen molar-refractivity contribution in [3.63, 3.8) is 0 Å². The number of esters is 3. The normalized spacial score (nSPS) is 18.2. The summed E-state index contributed by atoms with van der Waals surface area (Å²) >= 11 is 0. The molecule has 4 N–H and O–H groups in total. The number of carbonyl (C=O) groups is 5. The molecular weight excluding hydrogens is 776 g/mol. The molecule has 4 aromatic carbocycles. The zero-order valence-corrected chi connectivity index (χ0v) is 30.9. The Hall–Kier alpha value is -6.97. The summed E-state index contributed by atoms with van der Waals surface area (Å²) in [7, 11) is 0. The van der Waals surface area contributed by atoms with Crippen molar-refractivity contribution in [3.05, 3.63) is 145 Å². The number of nitrogens with one attached hydrogen (secondary N) is 4. The molecule has 4 aromatic rings. The van der Waals surface area contributed by atoms with Crippen molar-refractivity contribution in [2.75, 3.05) is 13.2 Å². The second-order valence-corrected chi connectivity index (χ2v) is 12.2. The molecule has 0 saturated carbocycles. The van der Waals surface area contributed by atoms with Crippen LogP contribution in [-0.4, -0.2) is 61.4 Å². The smallest absolute Gasteiger partial charge is 0.350 e. The summed E-state index contributed by atoms with van der Waals surface area (Å²) in [5.41, 5.74) is 9.88. The number of rotatable bonds is 17. The quantitative estimate of drug-likeness (QED) is 0.0298. The summed E-state index contributed by atoms with van der Waals surface area (Å²) < 4.78 is 34.8. The summed E-state index contributed by atoms with van der Waals surface area (Å²) in [5, 5.41) is 0. The van der Waals surface area contributed by atoms with Crippen LogP contribution in [0.2, 0.25) is 0 Å². The van der Waals surface area contributed by atoms with Crippen LogP contribution < -0.4 is 41.5 Å². The van der Waals surface area contributed by atoms with Crippen molar-refractivity contribution in [1.29, 1.82) is 0 Å². The predicted octanol–water partition coefficient (Wildman–Crippen LogP) is 3.62. The van der Waals surface area contributed by atoms with E-state index in [0.29, 0.717) is 30.1 Å². The topological polar surface area (TPSA) is 226 Å². The fourth-order valence-corrected chi connectivity index (χ4v) is 5.41. The van der Waals surface area contributed by atoms with Crippen molar-refractivity contribution in [2.45, 2.75) is 31.0 Å². The molecule has 306 valence electrons. The van der Waals surface area contributed by atoms with Crippen LogP contribution in [0.5, 0.6) is 23.0 Å². The number of hydrazine groups is 2. The van der Waals surface area contributed by atoms with Crippen LogP contribution in [0.1, 0.15) is 49.3 Å². The Morgan fingerprint density at radius 1 is 0.576 bits per heavy atom. The zero-order valence-electron chi connectivity index (χ0n) is 30.9. The monoisotopic (exact) mass is 812 g/mol. The molecule has 2 aliphatic heterocycles. The van der Waals surface area contributed by atoms with Gasteiger partial charge < -0.3 is 47.8 Å². The molecule has 0 bridgehead atoms. The molecule has 19 nitrogen and oxygen atoms in total. The first-order valence-electron chi connectivity index (χ1n) is 17.6. The van der Waals surface area contributed by atoms with Gasteiger partial charge in [-0.15, -0.1) is 0 Å². The summed E-state index contributed by atoms with van der Waals surface area (Å²) in [6.45, 7) is 7.02. The van der Waals surface area contributed by atoms with E-state index in [1.807, 2.05) is 0 Å². The van der Waals surface area contributed by atoms with E-state index in [0.717, 1.165) is 12.2 Å². The SMILES string of the molecule is C=CC(=O)ONNOc1ccc(C(=O)Oc2ccc(C(=O)OC3CCOC4COC(c5ccc(OC(=O)c6ccc(ONNOC(=O)C=C)cc6)cc5)OC43)cc2)cc1. The first-order valence-corrected chi connectivity index (χ1v) is 17.6. The van der Waals surface area contributed by atoms with Gasteiger partial charge in [0.2, 0.25) is 0 Å². The highest BCUT2D eigenvalue weighted by Crippen LogP contribution is 2.34. The second-order valence-electron chi connectivity index (χ2n) is 12.2. The van der Waals surface area contributed by atoms with Crippen molar-refractivity contribution in [1.82, 2.24) is 22.4 Å². The predicted molar refractivity (Wildman–Crippen MR) is 199 cm³/mol. The summed E-state index contributed by atoms with van der Waals surface area (Å²) in [6.07, 6.45) is -0.278. The van der Waals surface area contributed by atoms with Crippen LogP contribution in [0.3, 0.4) is 0 Å². The van der Waals surface area contributed by atoms with Gasteiger partial charge in [-0.3, -0.25) is 0 Å². The Balaban J connectivity index is 0.964. The van der Waals surface area contributed by atoms with E-state index in [4.69, 9.17) is 38.1 Å². The number of benzene rings is 4. The van der Waals surface area contributed by atoms with Crippen molar-refractivity contribution in [2.24, 2.45) is 0 Å². The van der Waals surface area contributed by atoms with Gasteiger partial charge in [0.15, 0.2) is 6.29 Å². The maximum Gasteiger partial charge on any atom is 0.350 e. The summed E-state index contributed by atoms with van der Waals surface area (Å²) in [4.78, 5) is 79.9. The van der Waals surface area contributed by atoms with Gasteiger partial charge >= 0.3 is 29.8 Å². The Labute approximate surface area is 335 Å². The first kappa shape index (κ1) is 41.7. The Morgan fingerprint density at radius 3 is 1.53 bits per heavy atom. The lowest BCUT2D eigenvalue weighted by Crippen LogP contribution is -2.53. The fourth-order valence-electron chi connectivity index (χ4n) is 5.41. The van der Waals surface area contributed by atoms with Crippen LogP contribution in [-0.2, 0) is 38.2 Å². The minimum Gasteiger partial charge on any atom is -0.456 e. The molecule has 0 amide bonds. The molecule has 0 aromatic heterocycles.